The van der Waals surface area contributed by atoms with Crippen molar-refractivity contribution in [1.29, 1.82) is 0 Å². The summed E-state index contributed by atoms with van der Waals surface area (Å²) in [6.45, 7) is 3.13. The molecule has 3 aromatic rings. The molecule has 0 aliphatic carbocycles. The lowest BCUT2D eigenvalue weighted by Gasteiger charge is -2.26. The highest BCUT2D eigenvalue weighted by molar-refractivity contribution is 5.86. The summed E-state index contributed by atoms with van der Waals surface area (Å²) in [4.78, 5) is 4.86. The molecule has 1 aliphatic heterocycles. The first-order valence-electron chi connectivity index (χ1n) is 10.1. The van der Waals surface area contributed by atoms with E-state index in [9.17, 15) is 5.11 Å². The number of aliphatic hydroxyl groups is 1. The average molecular weight is 377 g/mol. The molecular weight excluding hydrogens is 348 g/mol. The van der Waals surface area contributed by atoms with Crippen LogP contribution in [0.25, 0.3) is 22.2 Å². The Balaban J connectivity index is 1.74. The number of methoxy groups -OCH3 is 1. The third-order valence-electron chi connectivity index (χ3n) is 5.66. The molecule has 2 atom stereocenters. The quantitative estimate of drug-likeness (QED) is 0.673. The zero-order chi connectivity index (χ0) is 19.5. The first-order valence-corrected chi connectivity index (χ1v) is 10.1. The Morgan fingerprint density at radius 3 is 2.68 bits per heavy atom. The van der Waals surface area contributed by atoms with Gasteiger partial charge in [0.05, 0.1) is 24.4 Å². The predicted octanol–water partition coefficient (Wildman–Crippen LogP) is 4.78. The fourth-order valence-electron chi connectivity index (χ4n) is 4.07. The van der Waals surface area contributed by atoms with Crippen LogP contribution in [0.15, 0.2) is 48.5 Å². The Bertz CT molecular complexity index is 947. The molecule has 28 heavy (non-hydrogen) atoms. The molecule has 2 N–H and O–H groups in total. The van der Waals surface area contributed by atoms with E-state index in [1.165, 1.54) is 18.4 Å². The van der Waals surface area contributed by atoms with Crippen molar-refractivity contribution in [3.05, 3.63) is 59.7 Å². The average Bonchev–Trinajstić information content (AvgIpc) is 2.73. The van der Waals surface area contributed by atoms with E-state index in [0.717, 1.165) is 52.9 Å². The van der Waals surface area contributed by atoms with Crippen molar-refractivity contribution in [3.8, 4) is 17.0 Å². The largest absolute Gasteiger partial charge is 0.497 e. The van der Waals surface area contributed by atoms with Crippen molar-refractivity contribution in [2.75, 3.05) is 13.7 Å². The summed E-state index contributed by atoms with van der Waals surface area (Å²) in [5, 5.41) is 15.7. The number of aromatic nitrogens is 1. The number of hydrogen-bond acceptors (Lipinski definition) is 4. The van der Waals surface area contributed by atoms with Gasteiger partial charge in [-0.05, 0) is 80.8 Å². The summed E-state index contributed by atoms with van der Waals surface area (Å²) in [5.41, 5.74) is 4.96. The Kier molecular flexibility index (Phi) is 5.60. The summed E-state index contributed by atoms with van der Waals surface area (Å²) >= 11 is 0. The molecule has 0 bridgehead atoms. The lowest BCUT2D eigenvalue weighted by Crippen LogP contribution is -2.35. The van der Waals surface area contributed by atoms with Crippen molar-refractivity contribution in [1.82, 2.24) is 10.3 Å². The molecule has 1 saturated heterocycles. The van der Waals surface area contributed by atoms with Crippen LogP contribution in [0.1, 0.15) is 42.9 Å². The minimum Gasteiger partial charge on any atom is -0.497 e. The van der Waals surface area contributed by atoms with Gasteiger partial charge >= 0.3 is 0 Å². The van der Waals surface area contributed by atoms with Gasteiger partial charge in [0, 0.05) is 17.0 Å². The Labute approximate surface area is 166 Å². The van der Waals surface area contributed by atoms with E-state index in [0.29, 0.717) is 6.04 Å². The highest BCUT2D eigenvalue weighted by Gasteiger charge is 2.21. The van der Waals surface area contributed by atoms with Gasteiger partial charge in [-0.25, -0.2) is 4.98 Å². The van der Waals surface area contributed by atoms with Crippen LogP contribution in [0.2, 0.25) is 0 Å². The zero-order valence-electron chi connectivity index (χ0n) is 16.6. The van der Waals surface area contributed by atoms with E-state index in [4.69, 9.17) is 9.72 Å². The highest BCUT2D eigenvalue weighted by Crippen LogP contribution is 2.32. The summed E-state index contributed by atoms with van der Waals surface area (Å²) < 4.78 is 5.27. The number of ether oxygens (including phenoxy) is 1. The number of aryl methyl sites for hydroxylation is 1. The van der Waals surface area contributed by atoms with E-state index in [2.05, 4.69) is 30.4 Å². The van der Waals surface area contributed by atoms with Crippen molar-refractivity contribution in [2.45, 2.75) is 44.8 Å². The highest BCUT2D eigenvalue weighted by atomic mass is 16.5. The molecule has 2 heterocycles. The van der Waals surface area contributed by atoms with Crippen LogP contribution in [0.5, 0.6) is 5.75 Å². The maximum atomic E-state index is 11.1. The number of pyridine rings is 1. The van der Waals surface area contributed by atoms with E-state index in [1.807, 2.05) is 30.3 Å². The molecular formula is C24H28N2O2. The van der Waals surface area contributed by atoms with Crippen LogP contribution >= 0.6 is 0 Å². The first kappa shape index (κ1) is 18.9. The third kappa shape index (κ3) is 4.03. The van der Waals surface area contributed by atoms with Crippen LogP contribution in [-0.2, 0) is 0 Å². The monoisotopic (exact) mass is 376 g/mol. The maximum absolute atomic E-state index is 11.1. The number of aliphatic hydroxyl groups excluding tert-OH is 1. The standard InChI is InChI=1S/C24H28N2O2/c1-16-6-11-22-20(13-16)21(24(27)14-18-5-3-4-12-25-18)15-23(26-22)17-7-9-19(28-2)10-8-17/h6-11,13,15,18,24-25,27H,3-5,12,14H2,1-2H3. The van der Waals surface area contributed by atoms with Crippen molar-refractivity contribution in [3.63, 3.8) is 0 Å². The molecule has 1 fully saturated rings. The molecule has 4 nitrogen and oxygen atoms in total. The number of nitrogens with one attached hydrogen (secondary N) is 1. The molecule has 0 radical (unpaired) electrons. The van der Waals surface area contributed by atoms with Gasteiger partial charge in [0.15, 0.2) is 0 Å². The van der Waals surface area contributed by atoms with Crippen molar-refractivity contribution in [2.24, 2.45) is 0 Å². The fourth-order valence-corrected chi connectivity index (χ4v) is 4.07. The second kappa shape index (κ2) is 8.29. The molecule has 1 aromatic heterocycles. The van der Waals surface area contributed by atoms with Gasteiger partial charge in [-0.3, -0.25) is 0 Å². The Morgan fingerprint density at radius 1 is 1.14 bits per heavy atom. The second-order valence-electron chi connectivity index (χ2n) is 7.74. The second-order valence-corrected chi connectivity index (χ2v) is 7.74. The predicted molar refractivity (Wildman–Crippen MR) is 114 cm³/mol. The molecule has 0 spiro atoms. The lowest BCUT2D eigenvalue weighted by molar-refractivity contribution is 0.146. The number of fused-ring (bicyclic) bond motifs is 1. The number of nitrogens with zero attached hydrogens (tertiary/aromatic N) is 1. The number of benzene rings is 2. The summed E-state index contributed by atoms with van der Waals surface area (Å²) in [6.07, 6.45) is 3.81. The summed E-state index contributed by atoms with van der Waals surface area (Å²) in [7, 11) is 1.67. The van der Waals surface area contributed by atoms with Gasteiger partial charge in [0.25, 0.3) is 0 Å². The van der Waals surface area contributed by atoms with E-state index in [-0.39, 0.29) is 0 Å². The number of hydrogen-bond donors (Lipinski definition) is 2. The van der Waals surface area contributed by atoms with Crippen LogP contribution in [0.4, 0.5) is 0 Å². The molecule has 1 aliphatic rings. The van der Waals surface area contributed by atoms with Gasteiger partial charge in [-0.1, -0.05) is 18.1 Å². The summed E-state index contributed by atoms with van der Waals surface area (Å²) in [5.74, 6) is 0.823. The summed E-state index contributed by atoms with van der Waals surface area (Å²) in [6, 6.07) is 16.6. The maximum Gasteiger partial charge on any atom is 0.118 e. The van der Waals surface area contributed by atoms with Crippen molar-refractivity contribution >= 4 is 10.9 Å². The zero-order valence-corrected chi connectivity index (χ0v) is 16.6. The molecule has 2 aromatic carbocycles. The van der Waals surface area contributed by atoms with Crippen LogP contribution in [0.3, 0.4) is 0 Å². The molecule has 4 heteroatoms. The van der Waals surface area contributed by atoms with Gasteiger partial charge in [0.1, 0.15) is 5.75 Å². The van der Waals surface area contributed by atoms with Gasteiger partial charge in [-0.2, -0.15) is 0 Å². The molecule has 0 saturated carbocycles. The van der Waals surface area contributed by atoms with E-state index < -0.39 is 6.10 Å². The third-order valence-corrected chi connectivity index (χ3v) is 5.66. The minimum absolute atomic E-state index is 0.376. The van der Waals surface area contributed by atoms with Crippen LogP contribution in [0, 0.1) is 6.92 Å². The number of piperidine rings is 1. The SMILES string of the molecule is COc1ccc(-c2cc(C(O)CC3CCCCN3)c3cc(C)ccc3n2)cc1. The molecule has 4 rings (SSSR count). The van der Waals surface area contributed by atoms with Crippen molar-refractivity contribution < 1.29 is 9.84 Å². The van der Waals surface area contributed by atoms with Crippen LogP contribution < -0.4 is 10.1 Å². The van der Waals surface area contributed by atoms with E-state index >= 15 is 0 Å². The molecule has 0 amide bonds. The topological polar surface area (TPSA) is 54.4 Å². The Morgan fingerprint density at radius 2 is 1.96 bits per heavy atom. The normalized spacial score (nSPS) is 18.2. The van der Waals surface area contributed by atoms with Gasteiger partial charge in [0.2, 0.25) is 0 Å². The van der Waals surface area contributed by atoms with Gasteiger partial charge < -0.3 is 15.2 Å². The number of rotatable bonds is 5. The van der Waals surface area contributed by atoms with Crippen LogP contribution in [-0.4, -0.2) is 29.8 Å². The van der Waals surface area contributed by atoms with Gasteiger partial charge in [-0.15, -0.1) is 0 Å². The minimum atomic E-state index is -0.514. The fraction of sp³-hybridized carbons (Fsp3) is 0.375. The van der Waals surface area contributed by atoms with E-state index in [1.54, 1.807) is 7.11 Å². The molecule has 2 unspecified atom stereocenters. The lowest BCUT2D eigenvalue weighted by atomic mass is 9.92. The smallest absolute Gasteiger partial charge is 0.118 e. The first-order chi connectivity index (χ1) is 13.6. The Hall–Kier alpha value is -2.43. The molecule has 146 valence electrons.